The molecule has 0 saturated carbocycles. The van der Waals surface area contributed by atoms with Crippen LogP contribution < -0.4 is 10.3 Å². The summed E-state index contributed by atoms with van der Waals surface area (Å²) in [4.78, 5) is 26.0. The number of piperidine rings is 1. The van der Waals surface area contributed by atoms with Crippen LogP contribution in [0.1, 0.15) is 29.7 Å². The molecule has 8 heteroatoms. The van der Waals surface area contributed by atoms with Gasteiger partial charge in [-0.15, -0.1) is 0 Å². The lowest BCUT2D eigenvalue weighted by atomic mass is 10.0. The Labute approximate surface area is 166 Å². The van der Waals surface area contributed by atoms with E-state index in [0.717, 1.165) is 17.8 Å². The van der Waals surface area contributed by atoms with Gasteiger partial charge in [-0.05, 0) is 30.7 Å². The average molecular weight is 408 g/mol. The molecule has 29 heavy (non-hydrogen) atoms. The van der Waals surface area contributed by atoms with Crippen LogP contribution >= 0.6 is 0 Å². The van der Waals surface area contributed by atoms with Crippen molar-refractivity contribution in [2.45, 2.75) is 38.5 Å². The van der Waals surface area contributed by atoms with Gasteiger partial charge < -0.3 is 14.2 Å². The smallest absolute Gasteiger partial charge is 0.416 e. The van der Waals surface area contributed by atoms with E-state index in [4.69, 9.17) is 4.74 Å². The first-order valence-electron chi connectivity index (χ1n) is 9.42. The van der Waals surface area contributed by atoms with E-state index in [1.165, 1.54) is 22.8 Å². The zero-order valence-electron chi connectivity index (χ0n) is 16.3. The van der Waals surface area contributed by atoms with Crippen molar-refractivity contribution in [2.75, 3.05) is 13.1 Å². The van der Waals surface area contributed by atoms with Crippen molar-refractivity contribution in [3.05, 3.63) is 63.6 Å². The molecular weight excluding hydrogens is 385 g/mol. The molecule has 156 valence electrons. The number of amides is 1. The Morgan fingerprint density at radius 2 is 1.76 bits per heavy atom. The Hall–Kier alpha value is -2.77. The number of pyridine rings is 1. The Balaban J connectivity index is 1.52. The number of likely N-dealkylation sites (tertiary alicyclic amines) is 1. The number of carbonyl (C=O) groups excluding carboxylic acids is 1. The van der Waals surface area contributed by atoms with Crippen molar-refractivity contribution in [3.63, 3.8) is 0 Å². The molecule has 0 spiro atoms. The van der Waals surface area contributed by atoms with Crippen molar-refractivity contribution >= 4 is 5.91 Å². The molecule has 3 rings (SSSR count). The van der Waals surface area contributed by atoms with Gasteiger partial charge in [0.05, 0.1) is 12.0 Å². The van der Waals surface area contributed by atoms with Crippen molar-refractivity contribution in [2.24, 2.45) is 7.05 Å². The SMILES string of the molecule is Cc1cc(OC2CCN(C(=O)Cc3ccc(C(F)(F)F)cc3)CC2)cc(=O)n1C. The molecular formula is C21H23F3N2O3. The van der Waals surface area contributed by atoms with E-state index in [-0.39, 0.29) is 24.0 Å². The quantitative estimate of drug-likeness (QED) is 0.780. The molecule has 2 aromatic rings. The molecule has 1 aromatic carbocycles. The van der Waals surface area contributed by atoms with E-state index in [1.54, 1.807) is 11.9 Å². The van der Waals surface area contributed by atoms with Crippen LogP contribution in [0.3, 0.4) is 0 Å². The molecule has 0 radical (unpaired) electrons. The zero-order valence-corrected chi connectivity index (χ0v) is 16.3. The maximum absolute atomic E-state index is 12.6. The van der Waals surface area contributed by atoms with E-state index >= 15 is 0 Å². The maximum Gasteiger partial charge on any atom is 0.416 e. The zero-order chi connectivity index (χ0) is 21.2. The minimum atomic E-state index is -4.38. The summed E-state index contributed by atoms with van der Waals surface area (Å²) in [5, 5.41) is 0. The number of hydrogen-bond donors (Lipinski definition) is 0. The van der Waals surface area contributed by atoms with Crippen LogP contribution in [-0.2, 0) is 24.4 Å². The molecule has 1 aliphatic rings. The van der Waals surface area contributed by atoms with Crippen LogP contribution in [-0.4, -0.2) is 34.6 Å². The average Bonchev–Trinajstić information content (AvgIpc) is 2.66. The van der Waals surface area contributed by atoms with Gasteiger partial charge in [0.1, 0.15) is 11.9 Å². The van der Waals surface area contributed by atoms with E-state index in [1.807, 2.05) is 13.0 Å². The Kier molecular flexibility index (Phi) is 6.00. The number of ether oxygens (including phenoxy) is 1. The predicted molar refractivity (Wildman–Crippen MR) is 102 cm³/mol. The van der Waals surface area contributed by atoms with Gasteiger partial charge in [-0.2, -0.15) is 13.2 Å². The monoisotopic (exact) mass is 408 g/mol. The maximum atomic E-state index is 12.6. The molecule has 1 amide bonds. The van der Waals surface area contributed by atoms with Crippen LogP contribution in [0.4, 0.5) is 13.2 Å². The number of aromatic nitrogens is 1. The van der Waals surface area contributed by atoms with E-state index in [9.17, 15) is 22.8 Å². The van der Waals surface area contributed by atoms with Crippen LogP contribution in [0.15, 0.2) is 41.2 Å². The van der Waals surface area contributed by atoms with Gasteiger partial charge in [0, 0.05) is 44.7 Å². The third-order valence-electron chi connectivity index (χ3n) is 5.21. The highest BCUT2D eigenvalue weighted by molar-refractivity contribution is 5.78. The number of carbonyl (C=O) groups is 1. The number of alkyl halides is 3. The van der Waals surface area contributed by atoms with E-state index in [0.29, 0.717) is 37.2 Å². The Morgan fingerprint density at radius 1 is 1.14 bits per heavy atom. The molecule has 0 N–H and O–H groups in total. The Bertz CT molecular complexity index is 928. The first kappa shape index (κ1) is 21.0. The highest BCUT2D eigenvalue weighted by Gasteiger charge is 2.30. The fourth-order valence-corrected chi connectivity index (χ4v) is 3.32. The largest absolute Gasteiger partial charge is 0.490 e. The lowest BCUT2D eigenvalue weighted by Gasteiger charge is -2.32. The molecule has 1 aromatic heterocycles. The van der Waals surface area contributed by atoms with Gasteiger partial charge in [0.2, 0.25) is 5.91 Å². The lowest BCUT2D eigenvalue weighted by Crippen LogP contribution is -2.42. The standard InChI is InChI=1S/C21H23F3N2O3/c1-14-11-18(13-19(27)25(14)2)29-17-7-9-26(10-8-17)20(28)12-15-3-5-16(6-4-15)21(22,23)24/h3-6,11,13,17H,7-10,12H2,1-2H3. The van der Waals surface area contributed by atoms with Crippen molar-refractivity contribution in [1.29, 1.82) is 0 Å². The summed E-state index contributed by atoms with van der Waals surface area (Å²) >= 11 is 0. The summed E-state index contributed by atoms with van der Waals surface area (Å²) in [7, 11) is 1.70. The molecule has 1 aliphatic heterocycles. The summed E-state index contributed by atoms with van der Waals surface area (Å²) < 4.78 is 45.3. The molecule has 2 heterocycles. The highest BCUT2D eigenvalue weighted by atomic mass is 19.4. The molecule has 0 unspecified atom stereocenters. The van der Waals surface area contributed by atoms with Crippen molar-refractivity contribution in [3.8, 4) is 5.75 Å². The third-order valence-corrected chi connectivity index (χ3v) is 5.21. The van der Waals surface area contributed by atoms with Crippen molar-refractivity contribution in [1.82, 2.24) is 9.47 Å². The molecule has 5 nitrogen and oxygen atoms in total. The first-order chi connectivity index (χ1) is 13.6. The lowest BCUT2D eigenvalue weighted by molar-refractivity contribution is -0.137. The van der Waals surface area contributed by atoms with Gasteiger partial charge >= 0.3 is 6.18 Å². The minimum Gasteiger partial charge on any atom is -0.490 e. The van der Waals surface area contributed by atoms with E-state index in [2.05, 4.69) is 0 Å². The first-order valence-corrected chi connectivity index (χ1v) is 9.42. The second-order valence-corrected chi connectivity index (χ2v) is 7.30. The summed E-state index contributed by atoms with van der Waals surface area (Å²) in [6.45, 7) is 2.85. The fraction of sp³-hybridized carbons (Fsp3) is 0.429. The van der Waals surface area contributed by atoms with E-state index < -0.39 is 11.7 Å². The summed E-state index contributed by atoms with van der Waals surface area (Å²) in [6, 6.07) is 7.94. The van der Waals surface area contributed by atoms with Crippen LogP contribution in [0.5, 0.6) is 5.75 Å². The van der Waals surface area contributed by atoms with Gasteiger partial charge in [-0.1, -0.05) is 12.1 Å². The van der Waals surface area contributed by atoms with Crippen LogP contribution in [0, 0.1) is 6.92 Å². The number of halogens is 3. The van der Waals surface area contributed by atoms with Gasteiger partial charge in [0.15, 0.2) is 0 Å². The number of benzene rings is 1. The molecule has 0 bridgehead atoms. The number of rotatable bonds is 4. The molecule has 0 atom stereocenters. The van der Waals surface area contributed by atoms with Crippen molar-refractivity contribution < 1.29 is 22.7 Å². The number of nitrogens with zero attached hydrogens (tertiary/aromatic N) is 2. The second kappa shape index (κ2) is 8.31. The van der Waals surface area contributed by atoms with Crippen LogP contribution in [0.2, 0.25) is 0 Å². The van der Waals surface area contributed by atoms with Gasteiger partial charge in [-0.25, -0.2) is 0 Å². The molecule has 1 fully saturated rings. The third kappa shape index (κ3) is 5.19. The normalized spacial score (nSPS) is 15.4. The van der Waals surface area contributed by atoms with Crippen LogP contribution in [0.25, 0.3) is 0 Å². The number of hydrogen-bond acceptors (Lipinski definition) is 3. The summed E-state index contributed by atoms with van der Waals surface area (Å²) in [6.07, 6.45) is -3.14. The highest BCUT2D eigenvalue weighted by Crippen LogP contribution is 2.29. The Morgan fingerprint density at radius 3 is 2.31 bits per heavy atom. The van der Waals surface area contributed by atoms with Gasteiger partial charge in [-0.3, -0.25) is 9.59 Å². The fourth-order valence-electron chi connectivity index (χ4n) is 3.32. The number of aryl methyl sites for hydroxylation is 1. The predicted octanol–water partition coefficient (Wildman–Crippen LogP) is 3.33. The topological polar surface area (TPSA) is 51.5 Å². The molecule has 0 aliphatic carbocycles. The minimum absolute atomic E-state index is 0.0670. The second-order valence-electron chi connectivity index (χ2n) is 7.30. The summed E-state index contributed by atoms with van der Waals surface area (Å²) in [5.74, 6) is 0.410. The van der Waals surface area contributed by atoms with Gasteiger partial charge in [0.25, 0.3) is 5.56 Å². The summed E-state index contributed by atoms with van der Waals surface area (Å²) in [5.41, 5.74) is 0.496. The molecule has 1 saturated heterocycles.